The summed E-state index contributed by atoms with van der Waals surface area (Å²) in [7, 11) is 0. The zero-order valence-corrected chi connectivity index (χ0v) is 5.90. The van der Waals surface area contributed by atoms with Crippen molar-refractivity contribution in [2.24, 2.45) is 0 Å². The van der Waals surface area contributed by atoms with Crippen LogP contribution in [0.1, 0.15) is 5.56 Å². The minimum Gasteiger partial charge on any atom is -0.478 e. The fourth-order valence-corrected chi connectivity index (χ4v) is 0.732. The van der Waals surface area contributed by atoms with Gasteiger partial charge in [-0.2, -0.15) is 0 Å². The van der Waals surface area contributed by atoms with E-state index in [0.29, 0.717) is 0 Å². The number of hydrogen-bond acceptors (Lipinski definition) is 1. The van der Waals surface area contributed by atoms with Crippen LogP contribution in [0.15, 0.2) is 36.4 Å². The van der Waals surface area contributed by atoms with E-state index in [-0.39, 0.29) is 0 Å². The average Bonchev–Trinajstić information content (AvgIpc) is 2.03. The van der Waals surface area contributed by atoms with Crippen molar-refractivity contribution in [3.05, 3.63) is 42.0 Å². The molecule has 0 bridgehead atoms. The molecule has 1 N–H and O–H groups in total. The molecule has 0 atom stereocenters. The third-order valence-electron chi connectivity index (χ3n) is 1.22. The van der Waals surface area contributed by atoms with Gasteiger partial charge in [0, 0.05) is 6.08 Å². The maximum absolute atomic E-state index is 10.1. The molecule has 1 rings (SSSR count). The van der Waals surface area contributed by atoms with Gasteiger partial charge in [0.05, 0.1) is 0 Å². The first kappa shape index (κ1) is 7.54. The van der Waals surface area contributed by atoms with Gasteiger partial charge < -0.3 is 5.11 Å². The van der Waals surface area contributed by atoms with E-state index in [0.717, 1.165) is 11.6 Å². The fourth-order valence-electron chi connectivity index (χ4n) is 0.732. The Kier molecular flexibility index (Phi) is 2.44. The third kappa shape index (κ3) is 2.67. The Hall–Kier alpha value is -1.57. The number of carboxylic acids is 1. The zero-order chi connectivity index (χ0) is 8.10. The summed E-state index contributed by atoms with van der Waals surface area (Å²) in [5.41, 5.74) is 0.898. The van der Waals surface area contributed by atoms with Crippen LogP contribution in [0.5, 0.6) is 0 Å². The second kappa shape index (κ2) is 3.56. The SMILES string of the molecule is O=C(O)[14CH]=Cc1ccccc1. The first-order valence-corrected chi connectivity index (χ1v) is 3.25. The maximum Gasteiger partial charge on any atom is 0.328 e. The lowest BCUT2D eigenvalue weighted by Crippen LogP contribution is -1.85. The molecule has 0 aliphatic carbocycles. The molecule has 0 spiro atoms. The Morgan fingerprint density at radius 1 is 1.36 bits per heavy atom. The predicted octanol–water partition coefficient (Wildman–Crippen LogP) is 1.78. The van der Waals surface area contributed by atoms with Gasteiger partial charge in [-0.05, 0) is 11.6 Å². The quantitative estimate of drug-likeness (QED) is 0.652. The largest absolute Gasteiger partial charge is 0.478 e. The second-order valence-corrected chi connectivity index (χ2v) is 2.08. The lowest BCUT2D eigenvalue weighted by atomic mass is 10.2. The molecule has 2 nitrogen and oxygen atoms in total. The number of aliphatic carboxylic acids is 1. The monoisotopic (exact) mass is 150 g/mol. The molecular weight excluding hydrogens is 142 g/mol. The molecule has 2 heteroatoms. The van der Waals surface area contributed by atoms with Crippen molar-refractivity contribution in [3.8, 4) is 0 Å². The molecule has 0 amide bonds. The van der Waals surface area contributed by atoms with Crippen molar-refractivity contribution in [1.29, 1.82) is 0 Å². The van der Waals surface area contributed by atoms with Crippen molar-refractivity contribution in [2.75, 3.05) is 0 Å². The Morgan fingerprint density at radius 2 is 2.00 bits per heavy atom. The van der Waals surface area contributed by atoms with Crippen molar-refractivity contribution >= 4 is 12.0 Å². The Balaban J connectivity index is 2.72. The summed E-state index contributed by atoms with van der Waals surface area (Å²) < 4.78 is 0. The van der Waals surface area contributed by atoms with Crippen LogP contribution in [-0.2, 0) is 4.79 Å². The topological polar surface area (TPSA) is 37.3 Å². The highest BCUT2D eigenvalue weighted by atomic mass is 16.4. The van der Waals surface area contributed by atoms with Gasteiger partial charge in [0.1, 0.15) is 0 Å². The minimum absolute atomic E-state index is 0.898. The van der Waals surface area contributed by atoms with Gasteiger partial charge in [-0.1, -0.05) is 30.3 Å². The van der Waals surface area contributed by atoms with Gasteiger partial charge in [-0.25, -0.2) is 4.79 Å². The lowest BCUT2D eigenvalue weighted by molar-refractivity contribution is -0.131. The van der Waals surface area contributed by atoms with E-state index in [1.54, 1.807) is 6.08 Å². The van der Waals surface area contributed by atoms with Crippen molar-refractivity contribution < 1.29 is 9.90 Å². The van der Waals surface area contributed by atoms with E-state index in [1.807, 2.05) is 30.3 Å². The molecule has 11 heavy (non-hydrogen) atoms. The highest BCUT2D eigenvalue weighted by Gasteiger charge is 1.85. The summed E-state index contributed by atoms with van der Waals surface area (Å²) in [5.74, 6) is -0.922. The first-order chi connectivity index (χ1) is 5.29. The standard InChI is InChI=1S/C9H8O2/c10-9(11)7-6-8-4-2-1-3-5-8/h1-7H,(H,10,11)/i7+2. The molecule has 1 aromatic rings. The molecule has 0 fully saturated rings. The third-order valence-corrected chi connectivity index (χ3v) is 1.22. The van der Waals surface area contributed by atoms with Crippen LogP contribution in [0.2, 0.25) is 0 Å². The summed E-state index contributed by atoms with van der Waals surface area (Å²) in [6.45, 7) is 0. The van der Waals surface area contributed by atoms with E-state index in [2.05, 4.69) is 0 Å². The molecule has 0 saturated carbocycles. The van der Waals surface area contributed by atoms with Gasteiger partial charge in [0.2, 0.25) is 0 Å². The van der Waals surface area contributed by atoms with E-state index in [4.69, 9.17) is 5.11 Å². The maximum atomic E-state index is 10.1. The van der Waals surface area contributed by atoms with Crippen LogP contribution in [0.25, 0.3) is 6.08 Å². The van der Waals surface area contributed by atoms with Gasteiger partial charge in [0.15, 0.2) is 0 Å². The molecule has 0 radical (unpaired) electrons. The minimum atomic E-state index is -0.922. The highest BCUT2D eigenvalue weighted by molar-refractivity contribution is 5.85. The number of hydrogen-bond donors (Lipinski definition) is 1. The van der Waals surface area contributed by atoms with Crippen LogP contribution < -0.4 is 0 Å². The predicted molar refractivity (Wildman–Crippen MR) is 43.1 cm³/mol. The molecule has 0 heterocycles. The number of benzene rings is 1. The van der Waals surface area contributed by atoms with Crippen LogP contribution in [0.3, 0.4) is 0 Å². The smallest absolute Gasteiger partial charge is 0.328 e. The van der Waals surface area contributed by atoms with Crippen molar-refractivity contribution in [2.45, 2.75) is 0 Å². The normalized spacial score (nSPS) is 10.2. The van der Waals surface area contributed by atoms with Crippen molar-refractivity contribution in [1.82, 2.24) is 0 Å². The average molecular weight is 150 g/mol. The van der Waals surface area contributed by atoms with E-state index >= 15 is 0 Å². The van der Waals surface area contributed by atoms with E-state index in [9.17, 15) is 4.79 Å². The first-order valence-electron chi connectivity index (χ1n) is 3.25. The molecular formula is C9H8O2. The summed E-state index contributed by atoms with van der Waals surface area (Å²) in [4.78, 5) is 10.1. The van der Waals surface area contributed by atoms with Gasteiger partial charge >= 0.3 is 5.97 Å². The zero-order valence-electron chi connectivity index (χ0n) is 5.90. The number of carboxylic acid groups (broad SMARTS) is 1. The molecule has 0 aromatic heterocycles. The Labute approximate surface area is 64.8 Å². The molecule has 1 aromatic carbocycles. The second-order valence-electron chi connectivity index (χ2n) is 2.08. The summed E-state index contributed by atoms with van der Waals surface area (Å²) >= 11 is 0. The van der Waals surface area contributed by atoms with Crippen LogP contribution >= 0.6 is 0 Å². The lowest BCUT2D eigenvalue weighted by Gasteiger charge is -1.87. The van der Waals surface area contributed by atoms with E-state index in [1.165, 1.54) is 0 Å². The summed E-state index contributed by atoms with van der Waals surface area (Å²) in [6, 6.07) is 9.31. The summed E-state index contributed by atoms with van der Waals surface area (Å²) in [6.07, 6.45) is 2.68. The Bertz CT molecular complexity index is 262. The van der Waals surface area contributed by atoms with E-state index < -0.39 is 5.97 Å². The van der Waals surface area contributed by atoms with Gasteiger partial charge in [0.25, 0.3) is 0 Å². The highest BCUT2D eigenvalue weighted by Crippen LogP contribution is 1.99. The Morgan fingerprint density at radius 3 is 2.55 bits per heavy atom. The van der Waals surface area contributed by atoms with Crippen LogP contribution in [0, 0.1) is 0 Å². The van der Waals surface area contributed by atoms with Crippen LogP contribution in [-0.4, -0.2) is 11.1 Å². The molecule has 56 valence electrons. The number of rotatable bonds is 2. The number of carbonyl (C=O) groups is 1. The van der Waals surface area contributed by atoms with Gasteiger partial charge in [-0.3, -0.25) is 0 Å². The van der Waals surface area contributed by atoms with Gasteiger partial charge in [-0.15, -0.1) is 0 Å². The molecule has 0 unspecified atom stereocenters. The molecule has 0 aliphatic heterocycles. The molecule has 0 saturated heterocycles. The molecule has 0 aliphatic rings. The fraction of sp³-hybridized carbons (Fsp3) is 0. The summed E-state index contributed by atoms with van der Waals surface area (Å²) in [5, 5.41) is 8.29. The van der Waals surface area contributed by atoms with Crippen molar-refractivity contribution in [3.63, 3.8) is 0 Å². The van der Waals surface area contributed by atoms with Crippen LogP contribution in [0.4, 0.5) is 0 Å².